The predicted molar refractivity (Wildman–Crippen MR) is 95.5 cm³/mol. The summed E-state index contributed by atoms with van der Waals surface area (Å²) in [5.41, 5.74) is 1.56. The Labute approximate surface area is 139 Å². The molecule has 2 aromatic rings. The highest BCUT2D eigenvalue weighted by Gasteiger charge is 2.33. The minimum Gasteiger partial charge on any atom is -0.385 e. The van der Waals surface area contributed by atoms with Crippen molar-refractivity contribution in [1.82, 2.24) is 4.90 Å². The zero-order valence-corrected chi connectivity index (χ0v) is 13.8. The first-order valence-corrected chi connectivity index (χ1v) is 8.48. The van der Waals surface area contributed by atoms with E-state index in [0.29, 0.717) is 6.04 Å². The minimum atomic E-state index is -0.659. The first-order valence-electron chi connectivity index (χ1n) is 8.48. The summed E-state index contributed by atoms with van der Waals surface area (Å²) in [5.74, 6) is 0. The molecule has 1 saturated heterocycles. The van der Waals surface area contributed by atoms with Crippen molar-refractivity contribution in [2.45, 2.75) is 31.4 Å². The lowest BCUT2D eigenvalue weighted by molar-refractivity contribution is -0.0262. The Morgan fingerprint density at radius 2 is 1.57 bits per heavy atom. The van der Waals surface area contributed by atoms with Crippen molar-refractivity contribution in [3.8, 4) is 0 Å². The van der Waals surface area contributed by atoms with Gasteiger partial charge in [-0.25, -0.2) is 0 Å². The number of likely N-dealkylation sites (tertiary alicyclic amines) is 1. The zero-order chi connectivity index (χ0) is 16.1. The average Bonchev–Trinajstić information content (AvgIpc) is 2.59. The van der Waals surface area contributed by atoms with Crippen LogP contribution in [0.3, 0.4) is 0 Å². The smallest absolute Gasteiger partial charge is 0.0920 e. The van der Waals surface area contributed by atoms with Crippen molar-refractivity contribution < 1.29 is 5.11 Å². The first-order chi connectivity index (χ1) is 11.2. The number of anilines is 1. The number of benzene rings is 2. The maximum absolute atomic E-state index is 10.9. The van der Waals surface area contributed by atoms with Crippen LogP contribution in [0.15, 0.2) is 60.7 Å². The zero-order valence-electron chi connectivity index (χ0n) is 13.8. The monoisotopic (exact) mass is 310 g/mol. The molecule has 0 saturated carbocycles. The molecule has 3 nitrogen and oxygen atoms in total. The Morgan fingerprint density at radius 1 is 1.00 bits per heavy atom. The summed E-state index contributed by atoms with van der Waals surface area (Å²) in [4.78, 5) is 2.44. The number of nitrogens with zero attached hydrogens (tertiary/aromatic N) is 1. The molecule has 0 amide bonds. The van der Waals surface area contributed by atoms with Crippen LogP contribution in [0.4, 0.5) is 5.69 Å². The van der Waals surface area contributed by atoms with Gasteiger partial charge in [0.15, 0.2) is 0 Å². The highest BCUT2D eigenvalue weighted by Crippen LogP contribution is 2.32. The SMILES string of the molecule is C[C@@H](CN1CCC(O)(c2ccccc2)CC1)Nc1ccccc1. The van der Waals surface area contributed by atoms with Crippen molar-refractivity contribution in [1.29, 1.82) is 0 Å². The van der Waals surface area contributed by atoms with Gasteiger partial charge in [0, 0.05) is 31.4 Å². The van der Waals surface area contributed by atoms with Gasteiger partial charge in [0.05, 0.1) is 5.60 Å². The van der Waals surface area contributed by atoms with Gasteiger partial charge in [0.25, 0.3) is 0 Å². The Kier molecular flexibility index (Phi) is 4.99. The topological polar surface area (TPSA) is 35.5 Å². The van der Waals surface area contributed by atoms with Crippen LogP contribution in [-0.2, 0) is 5.60 Å². The third kappa shape index (κ3) is 4.12. The minimum absolute atomic E-state index is 0.389. The van der Waals surface area contributed by atoms with Crippen LogP contribution < -0.4 is 5.32 Å². The van der Waals surface area contributed by atoms with E-state index >= 15 is 0 Å². The van der Waals surface area contributed by atoms with Crippen molar-refractivity contribution >= 4 is 5.69 Å². The van der Waals surface area contributed by atoms with E-state index in [4.69, 9.17) is 0 Å². The summed E-state index contributed by atoms with van der Waals surface area (Å²) in [7, 11) is 0. The van der Waals surface area contributed by atoms with E-state index < -0.39 is 5.60 Å². The van der Waals surface area contributed by atoms with Crippen LogP contribution >= 0.6 is 0 Å². The summed E-state index contributed by atoms with van der Waals surface area (Å²) in [6.45, 7) is 5.09. The summed E-state index contributed by atoms with van der Waals surface area (Å²) < 4.78 is 0. The molecule has 0 aliphatic carbocycles. The second-order valence-electron chi connectivity index (χ2n) is 6.61. The van der Waals surface area contributed by atoms with E-state index in [0.717, 1.165) is 43.7 Å². The molecule has 2 aromatic carbocycles. The molecule has 3 heteroatoms. The summed E-state index contributed by atoms with van der Waals surface area (Å²) in [6, 6.07) is 20.8. The van der Waals surface area contributed by atoms with E-state index in [1.165, 1.54) is 0 Å². The fourth-order valence-electron chi connectivity index (χ4n) is 3.39. The Balaban J connectivity index is 1.51. The Hall–Kier alpha value is -1.84. The van der Waals surface area contributed by atoms with Crippen LogP contribution in [0.2, 0.25) is 0 Å². The molecule has 1 fully saturated rings. The maximum Gasteiger partial charge on any atom is 0.0920 e. The quantitative estimate of drug-likeness (QED) is 0.887. The normalized spacial score (nSPS) is 19.2. The third-order valence-electron chi connectivity index (χ3n) is 4.71. The molecule has 0 unspecified atom stereocenters. The van der Waals surface area contributed by atoms with Crippen LogP contribution in [0.1, 0.15) is 25.3 Å². The molecule has 3 rings (SSSR count). The fourth-order valence-corrected chi connectivity index (χ4v) is 3.39. The van der Waals surface area contributed by atoms with Gasteiger partial charge in [-0.05, 0) is 37.5 Å². The molecular weight excluding hydrogens is 284 g/mol. The van der Waals surface area contributed by atoms with E-state index in [9.17, 15) is 5.11 Å². The van der Waals surface area contributed by atoms with Crippen molar-refractivity contribution in [2.75, 3.05) is 25.0 Å². The van der Waals surface area contributed by atoms with Crippen LogP contribution in [0, 0.1) is 0 Å². The molecule has 23 heavy (non-hydrogen) atoms. The molecule has 2 N–H and O–H groups in total. The van der Waals surface area contributed by atoms with E-state index in [1.54, 1.807) is 0 Å². The summed E-state index contributed by atoms with van der Waals surface area (Å²) in [6.07, 6.45) is 1.60. The summed E-state index contributed by atoms with van der Waals surface area (Å²) >= 11 is 0. The van der Waals surface area contributed by atoms with E-state index in [2.05, 4.69) is 41.4 Å². The van der Waals surface area contributed by atoms with Gasteiger partial charge in [-0.2, -0.15) is 0 Å². The van der Waals surface area contributed by atoms with Gasteiger partial charge in [-0.1, -0.05) is 48.5 Å². The first kappa shape index (κ1) is 16.0. The molecular formula is C20H26N2O. The lowest BCUT2D eigenvalue weighted by Gasteiger charge is -2.39. The standard InChI is InChI=1S/C20H26N2O/c1-17(21-19-10-6-3-7-11-19)16-22-14-12-20(23,13-15-22)18-8-4-2-5-9-18/h2-11,17,21,23H,12-16H2,1H3/t17-/m0/s1. The molecule has 1 atom stereocenters. The number of para-hydroxylation sites is 1. The van der Waals surface area contributed by atoms with Crippen molar-refractivity contribution in [3.05, 3.63) is 66.2 Å². The number of piperidine rings is 1. The average molecular weight is 310 g/mol. The molecule has 1 heterocycles. The Morgan fingerprint density at radius 3 is 2.17 bits per heavy atom. The Bertz CT molecular complexity index is 592. The molecule has 1 aliphatic rings. The fraction of sp³-hybridized carbons (Fsp3) is 0.400. The molecule has 0 radical (unpaired) electrons. The molecule has 0 aromatic heterocycles. The van der Waals surface area contributed by atoms with Gasteiger partial charge >= 0.3 is 0 Å². The van der Waals surface area contributed by atoms with Gasteiger partial charge in [-0.3, -0.25) is 0 Å². The predicted octanol–water partition coefficient (Wildman–Crippen LogP) is 3.47. The second kappa shape index (κ2) is 7.16. The van der Waals surface area contributed by atoms with Gasteiger partial charge < -0.3 is 15.3 Å². The largest absolute Gasteiger partial charge is 0.385 e. The van der Waals surface area contributed by atoms with Crippen LogP contribution in [-0.4, -0.2) is 35.7 Å². The highest BCUT2D eigenvalue weighted by atomic mass is 16.3. The number of nitrogens with one attached hydrogen (secondary N) is 1. The lowest BCUT2D eigenvalue weighted by Crippen LogP contribution is -2.45. The van der Waals surface area contributed by atoms with Gasteiger partial charge in [0.2, 0.25) is 0 Å². The third-order valence-corrected chi connectivity index (χ3v) is 4.71. The molecule has 1 aliphatic heterocycles. The van der Waals surface area contributed by atoms with Crippen LogP contribution in [0.5, 0.6) is 0 Å². The van der Waals surface area contributed by atoms with Gasteiger partial charge in [-0.15, -0.1) is 0 Å². The number of rotatable bonds is 5. The highest BCUT2D eigenvalue weighted by molar-refractivity contribution is 5.43. The summed E-state index contributed by atoms with van der Waals surface area (Å²) in [5, 5.41) is 14.4. The lowest BCUT2D eigenvalue weighted by atomic mass is 9.84. The molecule has 122 valence electrons. The maximum atomic E-state index is 10.9. The number of hydrogen-bond acceptors (Lipinski definition) is 3. The van der Waals surface area contributed by atoms with Crippen LogP contribution in [0.25, 0.3) is 0 Å². The number of aliphatic hydroxyl groups is 1. The molecule has 0 spiro atoms. The second-order valence-corrected chi connectivity index (χ2v) is 6.61. The van der Waals surface area contributed by atoms with Crippen molar-refractivity contribution in [3.63, 3.8) is 0 Å². The number of hydrogen-bond donors (Lipinski definition) is 2. The van der Waals surface area contributed by atoms with E-state index in [1.807, 2.05) is 36.4 Å². The van der Waals surface area contributed by atoms with Gasteiger partial charge in [0.1, 0.15) is 0 Å². The molecule has 0 bridgehead atoms. The van der Waals surface area contributed by atoms with E-state index in [-0.39, 0.29) is 0 Å². The van der Waals surface area contributed by atoms with Crippen molar-refractivity contribution in [2.24, 2.45) is 0 Å².